The lowest BCUT2D eigenvalue weighted by atomic mass is 10.0. The third-order valence-electron chi connectivity index (χ3n) is 3.78. The van der Waals surface area contributed by atoms with Crippen molar-refractivity contribution < 1.29 is 13.2 Å². The van der Waals surface area contributed by atoms with E-state index >= 15 is 0 Å². The summed E-state index contributed by atoms with van der Waals surface area (Å²) >= 11 is 0. The van der Waals surface area contributed by atoms with Gasteiger partial charge in [0.2, 0.25) is 5.91 Å². The van der Waals surface area contributed by atoms with Crippen LogP contribution in [-0.2, 0) is 14.6 Å². The third-order valence-corrected chi connectivity index (χ3v) is 5.62. The summed E-state index contributed by atoms with van der Waals surface area (Å²) in [6.45, 7) is 1.77. The van der Waals surface area contributed by atoms with Crippen molar-refractivity contribution in [1.82, 2.24) is 10.6 Å². The molecule has 6 heteroatoms. The Balaban J connectivity index is 1.60. The quantitative estimate of drug-likeness (QED) is 0.744. The van der Waals surface area contributed by atoms with Gasteiger partial charge in [0.25, 0.3) is 0 Å². The fraction of sp³-hybridized carbons (Fsp3) is 0.917. The monoisotopic (exact) mass is 274 g/mol. The molecule has 2 saturated heterocycles. The van der Waals surface area contributed by atoms with Gasteiger partial charge in [0, 0.05) is 19.0 Å². The molecule has 5 nitrogen and oxygen atoms in total. The Hall–Kier alpha value is -0.620. The number of hydrogen-bond donors (Lipinski definition) is 2. The number of nitrogens with one attached hydrogen (secondary N) is 2. The molecular formula is C12H22N2O3S. The molecule has 1 amide bonds. The first-order valence-electron chi connectivity index (χ1n) is 6.76. The van der Waals surface area contributed by atoms with Crippen molar-refractivity contribution in [1.29, 1.82) is 0 Å². The van der Waals surface area contributed by atoms with Gasteiger partial charge in [-0.1, -0.05) is 0 Å². The van der Waals surface area contributed by atoms with E-state index in [-0.39, 0.29) is 23.3 Å². The highest BCUT2D eigenvalue weighted by Crippen LogP contribution is 2.21. The molecule has 2 aliphatic rings. The second kappa shape index (κ2) is 6.02. The van der Waals surface area contributed by atoms with E-state index in [0.717, 1.165) is 13.0 Å². The maximum absolute atomic E-state index is 11.7. The van der Waals surface area contributed by atoms with Crippen LogP contribution in [0.25, 0.3) is 0 Å². The zero-order valence-electron chi connectivity index (χ0n) is 10.7. The predicted molar refractivity (Wildman–Crippen MR) is 70.0 cm³/mol. The molecule has 104 valence electrons. The van der Waals surface area contributed by atoms with E-state index in [9.17, 15) is 13.2 Å². The molecule has 0 bridgehead atoms. The number of carbonyl (C=O) groups is 1. The molecule has 0 saturated carbocycles. The molecule has 0 aliphatic carbocycles. The van der Waals surface area contributed by atoms with Crippen molar-refractivity contribution in [2.75, 3.05) is 24.6 Å². The lowest BCUT2D eigenvalue weighted by Gasteiger charge is -2.12. The van der Waals surface area contributed by atoms with Crippen LogP contribution >= 0.6 is 0 Å². The molecule has 18 heavy (non-hydrogen) atoms. The molecule has 2 aliphatic heterocycles. The minimum absolute atomic E-state index is 0.00454. The van der Waals surface area contributed by atoms with Crippen molar-refractivity contribution >= 4 is 15.7 Å². The highest BCUT2D eigenvalue weighted by atomic mass is 32.2. The van der Waals surface area contributed by atoms with E-state index in [0.29, 0.717) is 25.4 Å². The van der Waals surface area contributed by atoms with E-state index in [2.05, 4.69) is 10.6 Å². The predicted octanol–water partition coefficient (Wildman–Crippen LogP) is 0.0695. The Bertz CT molecular complexity index is 388. The van der Waals surface area contributed by atoms with Crippen LogP contribution in [0, 0.1) is 5.92 Å². The van der Waals surface area contributed by atoms with Crippen molar-refractivity contribution in [3.8, 4) is 0 Å². The van der Waals surface area contributed by atoms with E-state index in [1.807, 2.05) is 0 Å². The van der Waals surface area contributed by atoms with Crippen LogP contribution in [0.15, 0.2) is 0 Å². The Morgan fingerprint density at radius 3 is 2.78 bits per heavy atom. The molecule has 2 N–H and O–H groups in total. The van der Waals surface area contributed by atoms with Crippen LogP contribution in [0.3, 0.4) is 0 Å². The van der Waals surface area contributed by atoms with E-state index in [1.54, 1.807) is 0 Å². The normalized spacial score (nSPS) is 30.4. The molecule has 0 spiro atoms. The summed E-state index contributed by atoms with van der Waals surface area (Å²) in [5, 5.41) is 6.27. The third kappa shape index (κ3) is 4.24. The molecule has 2 rings (SSSR count). The van der Waals surface area contributed by atoms with Gasteiger partial charge in [0.1, 0.15) is 0 Å². The van der Waals surface area contributed by atoms with Crippen LogP contribution in [0.1, 0.15) is 32.1 Å². The molecule has 0 radical (unpaired) electrons. The van der Waals surface area contributed by atoms with Crippen LogP contribution in [0.2, 0.25) is 0 Å². The number of carbonyl (C=O) groups excluding carboxylic acids is 1. The number of sulfone groups is 1. The fourth-order valence-corrected chi connectivity index (χ4v) is 4.62. The van der Waals surface area contributed by atoms with Gasteiger partial charge in [-0.2, -0.15) is 0 Å². The highest BCUT2D eigenvalue weighted by molar-refractivity contribution is 7.91. The first-order valence-corrected chi connectivity index (χ1v) is 8.58. The van der Waals surface area contributed by atoms with Gasteiger partial charge in [0.15, 0.2) is 9.84 Å². The molecule has 0 aromatic heterocycles. The second-order valence-corrected chi connectivity index (χ2v) is 7.63. The summed E-state index contributed by atoms with van der Waals surface area (Å²) in [7, 11) is -2.86. The average Bonchev–Trinajstić information content (AvgIpc) is 2.88. The maximum atomic E-state index is 11.7. The van der Waals surface area contributed by atoms with E-state index < -0.39 is 9.84 Å². The fourth-order valence-electron chi connectivity index (χ4n) is 2.76. The molecule has 1 unspecified atom stereocenters. The summed E-state index contributed by atoms with van der Waals surface area (Å²) in [6, 6.07) is 0.539. The second-order valence-electron chi connectivity index (χ2n) is 5.41. The minimum Gasteiger partial charge on any atom is -0.356 e. The topological polar surface area (TPSA) is 75.3 Å². The van der Waals surface area contributed by atoms with E-state index in [4.69, 9.17) is 0 Å². The van der Waals surface area contributed by atoms with Gasteiger partial charge >= 0.3 is 0 Å². The van der Waals surface area contributed by atoms with Gasteiger partial charge in [0.05, 0.1) is 11.5 Å². The number of hydrogen-bond acceptors (Lipinski definition) is 4. The SMILES string of the molecule is O=C(CC1CCS(=O)(=O)C1)NCC[C@@H]1CCCN1. The molecular weight excluding hydrogens is 252 g/mol. The molecule has 2 heterocycles. The largest absolute Gasteiger partial charge is 0.356 e. The lowest BCUT2D eigenvalue weighted by Crippen LogP contribution is -2.31. The molecule has 2 atom stereocenters. The Labute approximate surface area is 109 Å². The summed E-state index contributed by atoms with van der Waals surface area (Å²) in [4.78, 5) is 11.7. The molecule has 2 fully saturated rings. The minimum atomic E-state index is -2.86. The summed E-state index contributed by atoms with van der Waals surface area (Å²) < 4.78 is 22.5. The van der Waals surface area contributed by atoms with E-state index in [1.165, 1.54) is 12.8 Å². The van der Waals surface area contributed by atoms with Crippen molar-refractivity contribution in [2.24, 2.45) is 5.92 Å². The van der Waals surface area contributed by atoms with Gasteiger partial charge in [-0.3, -0.25) is 4.79 Å². The Morgan fingerprint density at radius 2 is 2.17 bits per heavy atom. The van der Waals surface area contributed by atoms with Crippen molar-refractivity contribution in [3.05, 3.63) is 0 Å². The number of rotatable bonds is 5. The average molecular weight is 274 g/mol. The zero-order chi connectivity index (χ0) is 13.0. The van der Waals surface area contributed by atoms with Gasteiger partial charge < -0.3 is 10.6 Å². The smallest absolute Gasteiger partial charge is 0.220 e. The zero-order valence-corrected chi connectivity index (χ0v) is 11.5. The lowest BCUT2D eigenvalue weighted by molar-refractivity contribution is -0.121. The summed E-state index contributed by atoms with van der Waals surface area (Å²) in [5.41, 5.74) is 0. The summed E-state index contributed by atoms with van der Waals surface area (Å²) in [5.74, 6) is 0.455. The highest BCUT2D eigenvalue weighted by Gasteiger charge is 2.29. The summed E-state index contributed by atoms with van der Waals surface area (Å²) in [6.07, 6.45) is 4.38. The Kier molecular flexibility index (Phi) is 4.61. The number of amides is 1. The van der Waals surface area contributed by atoms with Gasteiger partial charge in [-0.15, -0.1) is 0 Å². The first-order chi connectivity index (χ1) is 8.55. The van der Waals surface area contributed by atoms with Gasteiger partial charge in [-0.05, 0) is 38.1 Å². The molecule has 0 aromatic rings. The van der Waals surface area contributed by atoms with Crippen LogP contribution < -0.4 is 10.6 Å². The van der Waals surface area contributed by atoms with Crippen LogP contribution in [0.4, 0.5) is 0 Å². The molecule has 0 aromatic carbocycles. The maximum Gasteiger partial charge on any atom is 0.220 e. The van der Waals surface area contributed by atoms with Crippen LogP contribution in [-0.4, -0.2) is 45.0 Å². The standard InChI is InChI=1S/C12H22N2O3S/c15-12(8-10-4-7-18(16,17)9-10)14-6-3-11-2-1-5-13-11/h10-11,13H,1-9H2,(H,14,15)/t10?,11-/m0/s1. The first kappa shape index (κ1) is 13.8. The van der Waals surface area contributed by atoms with Crippen molar-refractivity contribution in [2.45, 2.75) is 38.1 Å². The Morgan fingerprint density at radius 1 is 1.33 bits per heavy atom. The van der Waals surface area contributed by atoms with Crippen molar-refractivity contribution in [3.63, 3.8) is 0 Å². The van der Waals surface area contributed by atoms with Gasteiger partial charge in [-0.25, -0.2) is 8.42 Å². The van der Waals surface area contributed by atoms with Crippen LogP contribution in [0.5, 0.6) is 0 Å².